The van der Waals surface area contributed by atoms with E-state index in [2.05, 4.69) is 27.3 Å². The lowest BCUT2D eigenvalue weighted by molar-refractivity contribution is -0.110. The van der Waals surface area contributed by atoms with Crippen LogP contribution in [0.3, 0.4) is 0 Å². The van der Waals surface area contributed by atoms with E-state index in [1.807, 2.05) is 70.4 Å². The van der Waals surface area contributed by atoms with Crippen molar-refractivity contribution >= 4 is 29.0 Å². The highest BCUT2D eigenvalue weighted by molar-refractivity contribution is 6.35. The highest BCUT2D eigenvalue weighted by Crippen LogP contribution is 2.37. The fourth-order valence-corrected chi connectivity index (χ4v) is 4.31. The summed E-state index contributed by atoms with van der Waals surface area (Å²) < 4.78 is 0. The molecule has 0 unspecified atom stereocenters. The van der Waals surface area contributed by atoms with Gasteiger partial charge in [-0.3, -0.25) is 9.59 Å². The number of ketones is 1. The Labute approximate surface area is 189 Å². The molecule has 3 aromatic rings. The third-order valence-electron chi connectivity index (χ3n) is 5.96. The van der Waals surface area contributed by atoms with Gasteiger partial charge in [-0.05, 0) is 69.7 Å². The van der Waals surface area contributed by atoms with Crippen molar-refractivity contribution in [1.82, 2.24) is 9.88 Å². The van der Waals surface area contributed by atoms with Gasteiger partial charge in [-0.25, -0.2) is 0 Å². The maximum atomic E-state index is 12.8. The van der Waals surface area contributed by atoms with Crippen molar-refractivity contribution in [2.75, 3.05) is 26.0 Å². The van der Waals surface area contributed by atoms with Crippen LogP contribution in [0.25, 0.3) is 22.8 Å². The van der Waals surface area contributed by atoms with Crippen molar-refractivity contribution in [2.24, 2.45) is 0 Å². The molecule has 0 atom stereocenters. The van der Waals surface area contributed by atoms with Crippen LogP contribution in [-0.2, 0) is 4.79 Å². The van der Waals surface area contributed by atoms with Crippen molar-refractivity contribution in [2.45, 2.75) is 26.7 Å². The van der Waals surface area contributed by atoms with Crippen molar-refractivity contribution in [3.63, 3.8) is 0 Å². The van der Waals surface area contributed by atoms with Crippen LogP contribution in [0.1, 0.15) is 45.7 Å². The number of carbonyl (C=O) groups excluding carboxylic acids is 2. The van der Waals surface area contributed by atoms with E-state index in [1.54, 1.807) is 0 Å². The van der Waals surface area contributed by atoms with Crippen LogP contribution < -0.4 is 5.32 Å². The Morgan fingerprint density at radius 1 is 1.03 bits per heavy atom. The first-order valence-corrected chi connectivity index (χ1v) is 10.9. The summed E-state index contributed by atoms with van der Waals surface area (Å²) in [6.07, 6.45) is 3.20. The number of carbonyl (C=O) groups is 2. The van der Waals surface area contributed by atoms with E-state index in [4.69, 9.17) is 0 Å². The van der Waals surface area contributed by atoms with Crippen molar-refractivity contribution < 1.29 is 9.59 Å². The van der Waals surface area contributed by atoms with Gasteiger partial charge in [0, 0.05) is 34.6 Å². The lowest BCUT2D eigenvalue weighted by Crippen LogP contribution is -2.14. The molecule has 5 nitrogen and oxygen atoms in total. The molecule has 32 heavy (non-hydrogen) atoms. The number of aryl methyl sites for hydroxylation is 1. The summed E-state index contributed by atoms with van der Waals surface area (Å²) in [5, 5.41) is 2.99. The number of aromatic amines is 1. The molecule has 1 aliphatic heterocycles. The molecule has 1 aromatic heterocycles. The third kappa shape index (κ3) is 4.30. The molecule has 164 valence electrons. The smallest absolute Gasteiger partial charge is 0.256 e. The fraction of sp³-hybridized carbons (Fsp3) is 0.259. The maximum Gasteiger partial charge on any atom is 0.256 e. The van der Waals surface area contributed by atoms with Crippen LogP contribution in [-0.4, -0.2) is 42.2 Å². The zero-order chi connectivity index (χ0) is 22.8. The highest BCUT2D eigenvalue weighted by atomic mass is 16.2. The predicted octanol–water partition coefficient (Wildman–Crippen LogP) is 5.32. The van der Waals surface area contributed by atoms with Crippen LogP contribution in [0.5, 0.6) is 0 Å². The van der Waals surface area contributed by atoms with Crippen LogP contribution in [0, 0.1) is 13.8 Å². The lowest BCUT2D eigenvalue weighted by Gasteiger charge is -2.08. The minimum absolute atomic E-state index is 0.129. The van der Waals surface area contributed by atoms with Gasteiger partial charge in [0.05, 0.1) is 5.57 Å². The van der Waals surface area contributed by atoms with Crippen LogP contribution >= 0.6 is 0 Å². The number of nitrogens with zero attached hydrogens (tertiary/aromatic N) is 1. The van der Waals surface area contributed by atoms with Gasteiger partial charge in [0.15, 0.2) is 5.78 Å². The van der Waals surface area contributed by atoms with E-state index < -0.39 is 0 Å². The molecule has 2 N–H and O–H groups in total. The van der Waals surface area contributed by atoms with Crippen LogP contribution in [0.15, 0.2) is 48.5 Å². The number of fused-ring (bicyclic) bond motifs is 1. The molecule has 0 bridgehead atoms. The molecular weight excluding hydrogens is 398 g/mol. The molecule has 0 aliphatic carbocycles. The Kier molecular flexibility index (Phi) is 6.10. The van der Waals surface area contributed by atoms with Crippen molar-refractivity contribution in [3.05, 3.63) is 76.6 Å². The monoisotopic (exact) mass is 427 g/mol. The van der Waals surface area contributed by atoms with Gasteiger partial charge in [0.25, 0.3) is 5.91 Å². The average molecular weight is 428 g/mol. The zero-order valence-electron chi connectivity index (χ0n) is 19.1. The average Bonchev–Trinajstić information content (AvgIpc) is 3.23. The summed E-state index contributed by atoms with van der Waals surface area (Å²) in [5.74, 6) is 0.0160. The number of nitrogens with one attached hydrogen (secondary N) is 2. The molecule has 2 aromatic carbocycles. The molecule has 1 aliphatic rings. The first-order valence-electron chi connectivity index (χ1n) is 10.9. The minimum atomic E-state index is -0.129. The second kappa shape index (κ2) is 8.97. The van der Waals surface area contributed by atoms with Gasteiger partial charge in [0.1, 0.15) is 0 Å². The first kappa shape index (κ1) is 21.8. The topological polar surface area (TPSA) is 65.2 Å². The Bertz CT molecular complexity index is 1200. The predicted molar refractivity (Wildman–Crippen MR) is 131 cm³/mol. The summed E-state index contributed by atoms with van der Waals surface area (Å²) in [6, 6.07) is 16.1. The number of aromatic nitrogens is 1. The zero-order valence-corrected chi connectivity index (χ0v) is 19.1. The molecule has 4 rings (SSSR count). The molecule has 0 radical (unpaired) electrons. The van der Waals surface area contributed by atoms with Gasteiger partial charge in [0.2, 0.25) is 0 Å². The van der Waals surface area contributed by atoms with Gasteiger partial charge >= 0.3 is 0 Å². The summed E-state index contributed by atoms with van der Waals surface area (Å²) in [4.78, 5) is 31.0. The van der Waals surface area contributed by atoms with Gasteiger partial charge < -0.3 is 15.2 Å². The molecule has 0 saturated carbocycles. The molecule has 0 fully saturated rings. The van der Waals surface area contributed by atoms with Crippen LogP contribution in [0.2, 0.25) is 0 Å². The van der Waals surface area contributed by atoms with Gasteiger partial charge in [-0.1, -0.05) is 42.5 Å². The number of amides is 1. The Morgan fingerprint density at radius 3 is 2.50 bits per heavy atom. The van der Waals surface area contributed by atoms with E-state index in [1.165, 1.54) is 0 Å². The van der Waals surface area contributed by atoms with E-state index in [0.29, 0.717) is 12.0 Å². The number of H-pyrrole nitrogens is 1. The second-order valence-corrected chi connectivity index (χ2v) is 8.63. The largest absolute Gasteiger partial charge is 0.358 e. The van der Waals surface area contributed by atoms with Crippen molar-refractivity contribution in [1.29, 1.82) is 0 Å². The molecule has 0 saturated heterocycles. The molecule has 5 heteroatoms. The highest BCUT2D eigenvalue weighted by Gasteiger charge is 2.26. The van der Waals surface area contributed by atoms with Crippen LogP contribution in [0.4, 0.5) is 5.69 Å². The normalized spacial score (nSPS) is 14.2. The molecular formula is C27H29N3O2. The fourth-order valence-electron chi connectivity index (χ4n) is 4.31. The van der Waals surface area contributed by atoms with E-state index in [-0.39, 0.29) is 11.7 Å². The summed E-state index contributed by atoms with van der Waals surface area (Å²) >= 11 is 0. The Balaban J connectivity index is 1.63. The maximum absolute atomic E-state index is 12.8. The third-order valence-corrected chi connectivity index (χ3v) is 5.96. The summed E-state index contributed by atoms with van der Waals surface area (Å²) in [5.41, 5.74) is 7.75. The number of hydrogen-bond acceptors (Lipinski definition) is 3. The summed E-state index contributed by atoms with van der Waals surface area (Å²) in [7, 11) is 4.02. The number of anilines is 1. The molecule has 2 heterocycles. The Morgan fingerprint density at radius 2 is 1.78 bits per heavy atom. The first-order chi connectivity index (χ1) is 15.3. The second-order valence-electron chi connectivity index (χ2n) is 8.63. The van der Waals surface area contributed by atoms with E-state index in [9.17, 15) is 9.59 Å². The number of Topliss-reactive ketones (excluding diaryl/α,β-unsaturated/α-hetero) is 1. The van der Waals surface area contributed by atoms with E-state index in [0.717, 1.165) is 57.9 Å². The van der Waals surface area contributed by atoms with Gasteiger partial charge in [-0.2, -0.15) is 0 Å². The quantitative estimate of drug-likeness (QED) is 0.396. The molecule has 1 amide bonds. The van der Waals surface area contributed by atoms with Gasteiger partial charge in [-0.15, -0.1) is 0 Å². The lowest BCUT2D eigenvalue weighted by atomic mass is 9.98. The minimum Gasteiger partial charge on any atom is -0.358 e. The van der Waals surface area contributed by atoms with Crippen molar-refractivity contribution in [3.8, 4) is 11.1 Å². The standard InChI is InChI=1S/C27H29N3O2/c1-17-23(28-18(2)26(17)25(31)11-8-14-30(3)4)16-22-21-13-12-20(15-24(21)29-27(22)32)19-9-6-5-7-10-19/h5-7,9-10,12-13,15-16,28H,8,11,14H2,1-4H3,(H,29,32)/b22-16-. The summed E-state index contributed by atoms with van der Waals surface area (Å²) in [6.45, 7) is 4.75. The SMILES string of the molecule is Cc1[nH]c(/C=C2\C(=O)Nc3cc(-c4ccccc4)ccc32)c(C)c1C(=O)CCCN(C)C. The van der Waals surface area contributed by atoms with E-state index >= 15 is 0 Å². The number of benzene rings is 2. The number of hydrogen-bond donors (Lipinski definition) is 2. The number of rotatable bonds is 7. The molecule has 0 spiro atoms. The Hall–Kier alpha value is -3.44.